The van der Waals surface area contributed by atoms with Gasteiger partial charge in [0.2, 0.25) is 0 Å². The largest absolute Gasteiger partial charge is 0.317 e. The molecule has 0 fully saturated rings. The first-order chi connectivity index (χ1) is 12.9. The Kier molecular flexibility index (Phi) is 5.21. The van der Waals surface area contributed by atoms with Gasteiger partial charge in [0.1, 0.15) is 5.82 Å². The molecule has 4 nitrogen and oxygen atoms in total. The zero-order valence-electron chi connectivity index (χ0n) is 15.9. The van der Waals surface area contributed by atoms with Crippen LogP contribution in [0.2, 0.25) is 0 Å². The third-order valence-electron chi connectivity index (χ3n) is 4.61. The second-order valence-electron chi connectivity index (χ2n) is 6.61. The summed E-state index contributed by atoms with van der Waals surface area (Å²) in [6, 6.07) is 13.6. The highest BCUT2D eigenvalue weighted by molar-refractivity contribution is 5.95. The Balaban J connectivity index is 1.83. The number of benzene rings is 2. The van der Waals surface area contributed by atoms with Crippen molar-refractivity contribution in [1.29, 1.82) is 0 Å². The molecule has 0 aliphatic carbocycles. The summed E-state index contributed by atoms with van der Waals surface area (Å²) < 4.78 is 15.1. The summed E-state index contributed by atoms with van der Waals surface area (Å²) in [4.78, 5) is 12.1. The molecule has 0 saturated carbocycles. The highest BCUT2D eigenvalue weighted by atomic mass is 19.1. The van der Waals surface area contributed by atoms with E-state index in [1.54, 1.807) is 6.21 Å². The van der Waals surface area contributed by atoms with Crippen LogP contribution in [0.15, 0.2) is 53.6 Å². The zero-order valence-corrected chi connectivity index (χ0v) is 15.9. The number of carbonyl (C=O) groups excluding carboxylic acids is 1. The van der Waals surface area contributed by atoms with Crippen molar-refractivity contribution in [3.63, 3.8) is 0 Å². The molecule has 3 rings (SSSR count). The van der Waals surface area contributed by atoms with Gasteiger partial charge < -0.3 is 4.57 Å². The number of aryl methyl sites for hydroxylation is 3. The van der Waals surface area contributed by atoms with Crippen LogP contribution in [0.4, 0.5) is 4.39 Å². The lowest BCUT2D eigenvalue weighted by Gasteiger charge is -2.15. The van der Waals surface area contributed by atoms with Crippen molar-refractivity contribution in [2.45, 2.75) is 27.7 Å². The summed E-state index contributed by atoms with van der Waals surface area (Å²) in [5, 5.41) is 4.06. The van der Waals surface area contributed by atoms with E-state index < -0.39 is 0 Å². The van der Waals surface area contributed by atoms with E-state index in [1.165, 1.54) is 41.1 Å². The lowest BCUT2D eigenvalue weighted by molar-refractivity contribution is 0.0955. The molecule has 0 radical (unpaired) electrons. The summed E-state index contributed by atoms with van der Waals surface area (Å²) in [6.07, 6.45) is 1.63. The number of hydrogen-bond donors (Lipinski definition) is 1. The zero-order chi connectivity index (χ0) is 19.6. The maximum atomic E-state index is 12.9. The van der Waals surface area contributed by atoms with Crippen molar-refractivity contribution in [3.8, 4) is 5.69 Å². The molecule has 0 aliphatic heterocycles. The average molecular weight is 363 g/mol. The Morgan fingerprint density at radius 3 is 2.30 bits per heavy atom. The quantitative estimate of drug-likeness (QED) is 0.534. The molecule has 0 saturated heterocycles. The van der Waals surface area contributed by atoms with E-state index in [9.17, 15) is 9.18 Å². The van der Waals surface area contributed by atoms with Gasteiger partial charge in [-0.3, -0.25) is 4.79 Å². The molecule has 27 heavy (non-hydrogen) atoms. The molecule has 138 valence electrons. The standard InChI is InChI=1S/C22H22FN3O/c1-14-6-5-7-15(2)21(14)26-16(3)12-19(17(26)4)13-24-25-22(27)18-8-10-20(23)11-9-18/h5-13H,1-4H3,(H,25,27)/b24-13-. The van der Waals surface area contributed by atoms with Gasteiger partial charge in [-0.2, -0.15) is 5.10 Å². The Hall–Kier alpha value is -3.21. The third-order valence-corrected chi connectivity index (χ3v) is 4.61. The van der Waals surface area contributed by atoms with Crippen molar-refractivity contribution in [3.05, 3.63) is 88.0 Å². The van der Waals surface area contributed by atoms with Crippen LogP contribution in [0.3, 0.4) is 0 Å². The predicted octanol–water partition coefficient (Wildman–Crippen LogP) is 4.61. The Morgan fingerprint density at radius 2 is 1.67 bits per heavy atom. The lowest BCUT2D eigenvalue weighted by Crippen LogP contribution is -2.17. The van der Waals surface area contributed by atoms with Gasteiger partial charge in [0.25, 0.3) is 5.91 Å². The van der Waals surface area contributed by atoms with Crippen molar-refractivity contribution >= 4 is 12.1 Å². The Morgan fingerprint density at radius 1 is 1.04 bits per heavy atom. The van der Waals surface area contributed by atoms with Gasteiger partial charge in [0.15, 0.2) is 0 Å². The maximum absolute atomic E-state index is 12.9. The SMILES string of the molecule is Cc1cccc(C)c1-n1c(C)cc(/C=N\NC(=O)c2ccc(F)cc2)c1C. The van der Waals surface area contributed by atoms with E-state index in [1.807, 2.05) is 19.9 Å². The van der Waals surface area contributed by atoms with E-state index in [4.69, 9.17) is 0 Å². The van der Waals surface area contributed by atoms with Crippen LogP contribution in [0, 0.1) is 33.5 Å². The second-order valence-corrected chi connectivity index (χ2v) is 6.61. The molecule has 0 spiro atoms. The molecule has 0 aliphatic rings. The van der Waals surface area contributed by atoms with Gasteiger partial charge in [0.05, 0.1) is 11.9 Å². The molecule has 1 heterocycles. The summed E-state index contributed by atoms with van der Waals surface area (Å²) in [6.45, 7) is 8.27. The first kappa shape index (κ1) is 18.6. The van der Waals surface area contributed by atoms with Crippen molar-refractivity contribution < 1.29 is 9.18 Å². The molecule has 1 aromatic heterocycles. The van der Waals surface area contributed by atoms with Crippen LogP contribution in [-0.2, 0) is 0 Å². The molecular weight excluding hydrogens is 341 g/mol. The molecule has 2 aromatic carbocycles. The number of amides is 1. The molecule has 5 heteroatoms. The van der Waals surface area contributed by atoms with Gasteiger partial charge in [-0.15, -0.1) is 0 Å². The number of nitrogens with one attached hydrogen (secondary N) is 1. The molecular formula is C22H22FN3O. The normalized spacial score (nSPS) is 11.1. The van der Waals surface area contributed by atoms with Crippen molar-refractivity contribution in [2.24, 2.45) is 5.10 Å². The number of hydrazone groups is 1. The van der Waals surface area contributed by atoms with Crippen molar-refractivity contribution in [2.75, 3.05) is 0 Å². The summed E-state index contributed by atoms with van der Waals surface area (Å²) >= 11 is 0. The minimum absolute atomic E-state index is 0.356. The van der Waals surface area contributed by atoms with Crippen LogP contribution >= 0.6 is 0 Å². The third kappa shape index (κ3) is 3.82. The van der Waals surface area contributed by atoms with Crippen LogP contribution in [0.5, 0.6) is 0 Å². The fourth-order valence-corrected chi connectivity index (χ4v) is 3.25. The minimum atomic E-state index is -0.381. The summed E-state index contributed by atoms with van der Waals surface area (Å²) in [7, 11) is 0. The first-order valence-corrected chi connectivity index (χ1v) is 8.73. The fraction of sp³-hybridized carbons (Fsp3) is 0.182. The van der Waals surface area contributed by atoms with Gasteiger partial charge in [-0.05, 0) is 69.2 Å². The Bertz CT molecular complexity index is 997. The van der Waals surface area contributed by atoms with Gasteiger partial charge in [0, 0.05) is 22.5 Å². The average Bonchev–Trinajstić information content (AvgIpc) is 2.90. The van der Waals surface area contributed by atoms with E-state index >= 15 is 0 Å². The molecule has 0 unspecified atom stereocenters. The second kappa shape index (κ2) is 7.58. The highest BCUT2D eigenvalue weighted by Gasteiger charge is 2.13. The fourth-order valence-electron chi connectivity index (χ4n) is 3.25. The molecule has 1 N–H and O–H groups in total. The molecule has 1 amide bonds. The van der Waals surface area contributed by atoms with Crippen LogP contribution in [-0.4, -0.2) is 16.7 Å². The number of aromatic nitrogens is 1. The number of nitrogens with zero attached hydrogens (tertiary/aromatic N) is 2. The van der Waals surface area contributed by atoms with E-state index in [0.717, 1.165) is 17.0 Å². The van der Waals surface area contributed by atoms with Crippen LogP contribution < -0.4 is 5.43 Å². The number of hydrogen-bond acceptors (Lipinski definition) is 2. The first-order valence-electron chi connectivity index (χ1n) is 8.73. The number of rotatable bonds is 4. The Labute approximate surface area is 158 Å². The molecule has 3 aromatic rings. The predicted molar refractivity (Wildman–Crippen MR) is 106 cm³/mol. The topological polar surface area (TPSA) is 46.4 Å². The van der Waals surface area contributed by atoms with Crippen LogP contribution in [0.1, 0.15) is 38.4 Å². The van der Waals surface area contributed by atoms with E-state index in [-0.39, 0.29) is 11.7 Å². The van der Waals surface area contributed by atoms with Gasteiger partial charge in [-0.25, -0.2) is 9.82 Å². The van der Waals surface area contributed by atoms with E-state index in [0.29, 0.717) is 5.56 Å². The van der Waals surface area contributed by atoms with E-state index in [2.05, 4.69) is 47.1 Å². The smallest absolute Gasteiger partial charge is 0.271 e. The number of para-hydroxylation sites is 1. The highest BCUT2D eigenvalue weighted by Crippen LogP contribution is 2.25. The minimum Gasteiger partial charge on any atom is -0.317 e. The van der Waals surface area contributed by atoms with Gasteiger partial charge in [-0.1, -0.05) is 18.2 Å². The summed E-state index contributed by atoms with van der Waals surface area (Å²) in [5.74, 6) is -0.760. The molecule has 0 bridgehead atoms. The maximum Gasteiger partial charge on any atom is 0.271 e. The van der Waals surface area contributed by atoms with Crippen LogP contribution in [0.25, 0.3) is 5.69 Å². The summed E-state index contributed by atoms with van der Waals surface area (Å²) in [5.41, 5.74) is 9.47. The number of carbonyl (C=O) groups is 1. The van der Waals surface area contributed by atoms with Crippen molar-refractivity contribution in [1.82, 2.24) is 9.99 Å². The molecule has 0 atom stereocenters. The lowest BCUT2D eigenvalue weighted by atomic mass is 10.1. The number of halogens is 1. The monoisotopic (exact) mass is 363 g/mol. The van der Waals surface area contributed by atoms with Gasteiger partial charge >= 0.3 is 0 Å².